The van der Waals surface area contributed by atoms with Gasteiger partial charge in [0.15, 0.2) is 17.5 Å². The number of nitrogen functional groups attached to an aromatic ring is 5. The Balaban J connectivity index is 0.000000252. The van der Waals surface area contributed by atoms with Gasteiger partial charge in [-0.15, -0.1) is 25.5 Å². The van der Waals surface area contributed by atoms with E-state index in [9.17, 15) is 10.2 Å². The number of rotatable bonds is 15. The largest absolute Gasteiger partial charge is 0.474 e. The number of pyridine rings is 5. The van der Waals surface area contributed by atoms with Crippen molar-refractivity contribution in [2.45, 2.75) is 127 Å². The molecule has 0 aromatic carbocycles. The maximum Gasteiger partial charge on any atom is 0.270 e. The lowest BCUT2D eigenvalue weighted by molar-refractivity contribution is -0.912. The highest BCUT2D eigenvalue weighted by molar-refractivity contribution is 5.85. The van der Waals surface area contributed by atoms with E-state index in [-0.39, 0.29) is 57.8 Å². The van der Waals surface area contributed by atoms with Crippen molar-refractivity contribution in [2.24, 2.45) is 0 Å². The highest BCUT2D eigenvalue weighted by atomic mass is 16.5. The number of aryl methyl sites for hydroxylation is 10. The minimum absolute atomic E-state index is 0. The molecule has 15 heterocycles. The summed E-state index contributed by atoms with van der Waals surface area (Å²) in [6, 6.07) is 22.6. The number of fused-ring (bicyclic) bond motifs is 5. The molecule has 0 spiro atoms. The van der Waals surface area contributed by atoms with E-state index in [1.54, 1.807) is 0 Å². The Morgan fingerprint density at radius 3 is 1.16 bits per heavy atom. The van der Waals surface area contributed by atoms with Gasteiger partial charge in [-0.1, -0.05) is 37.8 Å². The number of hydrogen-bond acceptors (Lipinski definition) is 17. The van der Waals surface area contributed by atoms with E-state index >= 15 is 0 Å². The predicted octanol–water partition coefficient (Wildman–Crippen LogP) is 10.6. The highest BCUT2D eigenvalue weighted by Gasteiger charge is 2.40. The Morgan fingerprint density at radius 1 is 0.421 bits per heavy atom. The maximum atomic E-state index is 9.28. The van der Waals surface area contributed by atoms with Crippen molar-refractivity contribution in [2.75, 3.05) is 232 Å². The predicted molar refractivity (Wildman–Crippen MR) is 483 cm³/mol. The number of piperazine rings is 1. The lowest BCUT2D eigenvalue weighted by Gasteiger charge is -2.41. The van der Waals surface area contributed by atoms with Gasteiger partial charge in [0, 0.05) is 86.8 Å². The number of hydrogen-bond donors (Lipinski definition) is 7. The molecule has 5 aliphatic heterocycles. The number of anilines is 8. The molecule has 3 unspecified atom stereocenters. The second-order valence-electron chi connectivity index (χ2n) is 34.5. The van der Waals surface area contributed by atoms with E-state index in [1.165, 1.54) is 59.2 Å². The molecule has 0 radical (unpaired) electrons. The summed E-state index contributed by atoms with van der Waals surface area (Å²) in [6.07, 6.45) is 6.06. The van der Waals surface area contributed by atoms with E-state index in [0.29, 0.717) is 36.3 Å². The zero-order valence-corrected chi connectivity index (χ0v) is 74.0. The van der Waals surface area contributed by atoms with Crippen molar-refractivity contribution in [1.82, 2.24) is 57.5 Å². The van der Waals surface area contributed by atoms with Crippen LogP contribution in [0.25, 0.3) is 27.6 Å². The van der Waals surface area contributed by atoms with Crippen LogP contribution in [0.5, 0.6) is 5.88 Å². The first kappa shape index (κ1) is 95.9. The number of aliphatic hydroxyl groups excluding tert-OH is 2. The third kappa shape index (κ3) is 19.7. The average Bonchev–Trinajstić information content (AvgIpc) is 1.64. The number of ether oxygens (including phenoxy) is 1. The normalized spacial score (nSPS) is 17.9. The molecule has 636 valence electrons. The molecule has 0 amide bonds. The van der Waals surface area contributed by atoms with Gasteiger partial charge in [-0.05, 0) is 127 Å². The Labute approximate surface area is 684 Å². The van der Waals surface area contributed by atoms with Crippen LogP contribution in [0.3, 0.4) is 0 Å². The van der Waals surface area contributed by atoms with Crippen molar-refractivity contribution >= 4 is 79.3 Å². The zero-order valence-electron chi connectivity index (χ0n) is 74.0. The molecule has 0 saturated carbocycles. The number of quaternary nitrogens is 5. The van der Waals surface area contributed by atoms with E-state index in [2.05, 4.69) is 200 Å². The molecular weight excluding hydrogens is 1430 g/mol. The van der Waals surface area contributed by atoms with Crippen LogP contribution < -0.4 is 52.6 Å². The third-order valence-corrected chi connectivity index (χ3v) is 25.1. The van der Waals surface area contributed by atoms with E-state index in [1.807, 2.05) is 47.7 Å². The molecule has 10 aromatic rings. The number of aliphatic hydroxyl groups is 2. The summed E-state index contributed by atoms with van der Waals surface area (Å²) in [5, 5.41) is 42.1. The lowest BCUT2D eigenvalue weighted by atomic mass is 10.2. The minimum atomic E-state index is 0. The molecule has 12 N–H and O–H groups in total. The van der Waals surface area contributed by atoms with Crippen LogP contribution in [0.15, 0.2) is 60.7 Å². The summed E-state index contributed by atoms with van der Waals surface area (Å²) in [6.45, 7) is 36.8. The Morgan fingerprint density at radius 2 is 0.772 bits per heavy atom. The Kier molecular flexibility index (Phi) is 31.9. The SMILES string of the molecule is C.Cc1ccc2c(N)c(N3CCC([N+](C)(C)C)C3)nn2c1C.Cc1ccc2c(N)c(N3CCC([N+](C)(C)CCO)C3)nn2c1C.Cc1ccc2c(N)c(N3CC[N+](C)(CCO)CC3)nn2c1C.Cc1ccc2c(N)c(OCCN3CCC([N+](C)(C)C)C3)nn2c1C.Cc1ccc2c(N)c([N+]3(C)CCCC3)nn2c1C.[CH3-].[CH3-].[CH3-].[CH3-].[CH3-]. The topological polar surface area (TPSA) is 279 Å². The molecule has 5 fully saturated rings. The number of nitrogens with zero attached hydrogens (tertiary/aromatic N) is 19. The summed E-state index contributed by atoms with van der Waals surface area (Å²) in [7, 11) is 22.4. The van der Waals surface area contributed by atoms with Gasteiger partial charge in [0.05, 0.1) is 170 Å². The first-order valence-corrected chi connectivity index (χ1v) is 39.1. The first-order chi connectivity index (χ1) is 50.9. The van der Waals surface area contributed by atoms with Crippen molar-refractivity contribution < 1.29 is 32.9 Å². The lowest BCUT2D eigenvalue weighted by Crippen LogP contribution is -2.58. The van der Waals surface area contributed by atoms with Crippen LogP contribution in [0.2, 0.25) is 0 Å². The van der Waals surface area contributed by atoms with Crippen LogP contribution in [0.1, 0.15) is 95.8 Å². The van der Waals surface area contributed by atoms with Gasteiger partial charge in [0.25, 0.3) is 11.7 Å². The number of nitrogens with two attached hydrogens (primary N) is 5. The Hall–Kier alpha value is -8.67. The van der Waals surface area contributed by atoms with Crippen molar-refractivity contribution in [3.05, 3.63) is 154 Å². The minimum Gasteiger partial charge on any atom is -0.474 e. The molecular formula is C87H150N24O3. The number of aromatic nitrogens is 10. The molecule has 27 heteroatoms. The maximum absolute atomic E-state index is 9.28. The second kappa shape index (κ2) is 37.9. The van der Waals surface area contributed by atoms with Crippen molar-refractivity contribution in [1.29, 1.82) is 0 Å². The molecule has 5 saturated heterocycles. The van der Waals surface area contributed by atoms with E-state index in [0.717, 1.165) is 223 Å². The molecule has 0 bridgehead atoms. The summed E-state index contributed by atoms with van der Waals surface area (Å²) < 4.78 is 20.3. The van der Waals surface area contributed by atoms with Gasteiger partial charge in [0.2, 0.25) is 0 Å². The molecule has 10 aromatic heterocycles. The first-order valence-electron chi connectivity index (χ1n) is 39.1. The fourth-order valence-corrected chi connectivity index (χ4v) is 16.2. The summed E-state index contributed by atoms with van der Waals surface area (Å²) >= 11 is 0. The van der Waals surface area contributed by atoms with Gasteiger partial charge >= 0.3 is 0 Å². The van der Waals surface area contributed by atoms with Gasteiger partial charge < -0.3 is 113 Å². The van der Waals surface area contributed by atoms with E-state index < -0.39 is 0 Å². The fraction of sp³-hybridized carbons (Fsp3) is 0.540. The zero-order chi connectivity index (χ0) is 78.4. The number of likely N-dealkylation sites (tertiary alicyclic amines) is 2. The standard InChI is InChI=1S/C18H30N5O.C17H28N5O.C16H26N5O.C16H26N5.C14H21N4.CH4.5CH3/c1-13-6-7-16-17(19)18(20-22(16)14(13)2)24-11-10-21-9-8-15(12-21)23(3,4)5;1-12-5-6-15-16(18)17(19-21(15)13(12)2)20-8-7-14(11-20)22(3,4)9-10-23;1-12-4-5-14-15(17)16(18-20(14)13(12)2)19-6-8-21(3,9-7-19)10-11-22;1-11-6-7-14-15(17)16(18-20(14)12(11)2)19-9-8-13(10-19)21(3,4)5;1-10-6-7-12-13(15)14(16-17(12)11(10)2)18(3)8-4-5-9-18;;;;;;/h6-7,15H,8-12,19H2,1-5H3;5-6,14,23H,7-11,18H2,1-4H3;4-5,22H,6-11,17H2,1-3H3;6-7,13H,8-10,17H2,1-5H3;6-7H,4-5,8-9,15H2,1-3H3;1H4;5*1H3/q5*+1;;5*-1. The van der Waals surface area contributed by atoms with E-state index in [4.69, 9.17) is 53.8 Å². The molecule has 0 aliphatic carbocycles. The van der Waals surface area contributed by atoms with Gasteiger partial charge in [-0.3, -0.25) is 9.38 Å². The smallest absolute Gasteiger partial charge is 0.270 e. The summed E-state index contributed by atoms with van der Waals surface area (Å²) in [5.41, 5.74) is 52.2. The molecule has 3 atom stereocenters. The van der Waals surface area contributed by atoms with Gasteiger partial charge in [-0.2, -0.15) is 0 Å². The summed E-state index contributed by atoms with van der Waals surface area (Å²) in [4.78, 5) is 9.37. The molecule has 27 nitrogen and oxygen atoms in total. The molecule has 5 aliphatic rings. The van der Waals surface area contributed by atoms with Crippen LogP contribution in [0.4, 0.5) is 51.7 Å². The third-order valence-electron chi connectivity index (χ3n) is 25.1. The fourth-order valence-electron chi connectivity index (χ4n) is 16.2. The summed E-state index contributed by atoms with van der Waals surface area (Å²) in [5.74, 6) is 4.32. The van der Waals surface area contributed by atoms with Crippen LogP contribution in [0, 0.1) is 106 Å². The van der Waals surface area contributed by atoms with Gasteiger partial charge in [0.1, 0.15) is 66.3 Å². The van der Waals surface area contributed by atoms with Crippen molar-refractivity contribution in [3.63, 3.8) is 0 Å². The quantitative estimate of drug-likeness (QED) is 0.0371. The van der Waals surface area contributed by atoms with Crippen LogP contribution >= 0.6 is 0 Å². The highest BCUT2D eigenvalue weighted by Crippen LogP contribution is 2.38. The monoisotopic (exact) mass is 1580 g/mol. The van der Waals surface area contributed by atoms with Crippen LogP contribution in [-0.2, 0) is 0 Å². The average molecular weight is 1580 g/mol. The van der Waals surface area contributed by atoms with Gasteiger partial charge in [-0.25, -0.2) is 22.6 Å². The van der Waals surface area contributed by atoms with Crippen LogP contribution in [-0.4, -0.2) is 288 Å². The number of likely N-dealkylation sites (N-methyl/N-ethyl adjacent to an activating group) is 4. The molecule has 15 rings (SSSR count). The molecule has 114 heavy (non-hydrogen) atoms. The Bertz CT molecular complexity index is 4820. The second-order valence-corrected chi connectivity index (χ2v) is 34.5. The van der Waals surface area contributed by atoms with Crippen molar-refractivity contribution in [3.8, 4) is 5.88 Å².